The molecule has 2 N–H and O–H groups in total. The molecular formula is C18H15NO3. The highest BCUT2D eigenvalue weighted by atomic mass is 16.4. The van der Waals surface area contributed by atoms with Gasteiger partial charge in [-0.1, -0.05) is 54.6 Å². The van der Waals surface area contributed by atoms with Gasteiger partial charge in [0.15, 0.2) is 0 Å². The molecule has 4 nitrogen and oxygen atoms in total. The van der Waals surface area contributed by atoms with Crippen LogP contribution in [0.5, 0.6) is 0 Å². The van der Waals surface area contributed by atoms with Crippen molar-refractivity contribution in [1.29, 1.82) is 0 Å². The molecule has 2 aromatic rings. The van der Waals surface area contributed by atoms with E-state index in [4.69, 9.17) is 5.11 Å². The first-order chi connectivity index (χ1) is 10.6. The van der Waals surface area contributed by atoms with E-state index in [0.29, 0.717) is 5.69 Å². The quantitative estimate of drug-likeness (QED) is 0.655. The van der Waals surface area contributed by atoms with Crippen LogP contribution in [-0.2, 0) is 9.59 Å². The Balaban J connectivity index is 1.97. The molecule has 4 heteroatoms. The van der Waals surface area contributed by atoms with Gasteiger partial charge >= 0.3 is 5.97 Å². The summed E-state index contributed by atoms with van der Waals surface area (Å²) in [6.07, 6.45) is 5.76. The molecule has 0 bridgehead atoms. The largest absolute Gasteiger partial charge is 0.478 e. The molecule has 110 valence electrons. The van der Waals surface area contributed by atoms with Crippen molar-refractivity contribution < 1.29 is 14.7 Å². The van der Waals surface area contributed by atoms with E-state index in [1.54, 1.807) is 12.1 Å². The van der Waals surface area contributed by atoms with Gasteiger partial charge in [-0.15, -0.1) is 0 Å². The lowest BCUT2D eigenvalue weighted by molar-refractivity contribution is -0.131. The van der Waals surface area contributed by atoms with E-state index < -0.39 is 11.9 Å². The Morgan fingerprint density at radius 3 is 2.00 bits per heavy atom. The van der Waals surface area contributed by atoms with Crippen LogP contribution in [0.4, 0.5) is 5.69 Å². The minimum Gasteiger partial charge on any atom is -0.478 e. The second kappa shape index (κ2) is 7.59. The third-order valence-electron chi connectivity index (χ3n) is 2.82. The van der Waals surface area contributed by atoms with Crippen LogP contribution in [0.1, 0.15) is 11.1 Å². The van der Waals surface area contributed by atoms with Gasteiger partial charge in [-0.2, -0.15) is 0 Å². The van der Waals surface area contributed by atoms with Crippen molar-refractivity contribution >= 4 is 29.7 Å². The van der Waals surface area contributed by atoms with Crippen LogP contribution in [0, 0.1) is 0 Å². The van der Waals surface area contributed by atoms with Crippen LogP contribution in [0.2, 0.25) is 0 Å². The average molecular weight is 293 g/mol. The number of carboxylic acid groups (broad SMARTS) is 1. The second-order valence-electron chi connectivity index (χ2n) is 4.53. The Kier molecular flexibility index (Phi) is 5.26. The maximum atomic E-state index is 11.4. The molecule has 0 aromatic heterocycles. The van der Waals surface area contributed by atoms with Gasteiger partial charge in [0.1, 0.15) is 0 Å². The Bertz CT molecular complexity index is 701. The van der Waals surface area contributed by atoms with Crippen molar-refractivity contribution in [2.45, 2.75) is 0 Å². The highest BCUT2D eigenvalue weighted by Gasteiger charge is 1.98. The normalized spacial score (nSPS) is 10.9. The van der Waals surface area contributed by atoms with Crippen LogP contribution in [0.25, 0.3) is 12.2 Å². The Morgan fingerprint density at radius 2 is 1.41 bits per heavy atom. The minimum absolute atomic E-state index is 0.477. The maximum Gasteiger partial charge on any atom is 0.328 e. The zero-order valence-electron chi connectivity index (χ0n) is 11.8. The first-order valence-corrected chi connectivity index (χ1v) is 6.69. The lowest BCUT2D eigenvalue weighted by Gasteiger charge is -2.02. The summed E-state index contributed by atoms with van der Waals surface area (Å²) in [6.45, 7) is 0. The molecule has 1 amide bonds. The monoisotopic (exact) mass is 293 g/mol. The number of carbonyl (C=O) groups is 2. The van der Waals surface area contributed by atoms with Gasteiger partial charge in [0.25, 0.3) is 0 Å². The van der Waals surface area contributed by atoms with Crippen molar-refractivity contribution in [3.63, 3.8) is 0 Å². The van der Waals surface area contributed by atoms with Crippen LogP contribution in [-0.4, -0.2) is 17.0 Å². The highest BCUT2D eigenvalue weighted by Crippen LogP contribution is 2.12. The van der Waals surface area contributed by atoms with Crippen molar-refractivity contribution in [2.75, 3.05) is 5.32 Å². The van der Waals surface area contributed by atoms with E-state index in [-0.39, 0.29) is 0 Å². The summed E-state index contributed by atoms with van der Waals surface area (Å²) in [4.78, 5) is 21.8. The Labute approximate surface area is 128 Å². The van der Waals surface area contributed by atoms with Crippen molar-refractivity contribution in [2.24, 2.45) is 0 Å². The summed E-state index contributed by atoms with van der Waals surface area (Å²) in [5.74, 6) is -1.63. The van der Waals surface area contributed by atoms with Gasteiger partial charge in [-0.25, -0.2) is 4.79 Å². The molecule has 0 aliphatic rings. The first-order valence-electron chi connectivity index (χ1n) is 6.69. The fourth-order valence-electron chi connectivity index (χ4n) is 1.77. The molecule has 22 heavy (non-hydrogen) atoms. The number of hydrogen-bond acceptors (Lipinski definition) is 2. The van der Waals surface area contributed by atoms with Crippen molar-refractivity contribution in [3.05, 3.63) is 77.9 Å². The molecule has 0 radical (unpaired) electrons. The molecule has 0 fully saturated rings. The van der Waals surface area contributed by atoms with Crippen molar-refractivity contribution in [3.8, 4) is 0 Å². The topological polar surface area (TPSA) is 66.4 Å². The molecule has 0 saturated carbocycles. The number of nitrogens with one attached hydrogen (secondary N) is 1. The van der Waals surface area contributed by atoms with E-state index in [0.717, 1.165) is 23.3 Å². The molecule has 0 aliphatic carbocycles. The van der Waals surface area contributed by atoms with E-state index in [2.05, 4.69) is 5.32 Å². The fraction of sp³-hybridized carbons (Fsp3) is 0. The predicted molar refractivity (Wildman–Crippen MR) is 87.2 cm³/mol. The number of anilines is 1. The van der Waals surface area contributed by atoms with Crippen LogP contribution in [0.3, 0.4) is 0 Å². The van der Waals surface area contributed by atoms with Crippen LogP contribution >= 0.6 is 0 Å². The number of benzene rings is 2. The summed E-state index contributed by atoms with van der Waals surface area (Å²) < 4.78 is 0. The summed E-state index contributed by atoms with van der Waals surface area (Å²) in [5.41, 5.74) is 2.72. The van der Waals surface area contributed by atoms with E-state index in [1.807, 2.05) is 54.6 Å². The molecule has 0 spiro atoms. The smallest absolute Gasteiger partial charge is 0.328 e. The van der Waals surface area contributed by atoms with Gasteiger partial charge in [0, 0.05) is 17.8 Å². The minimum atomic E-state index is -1.16. The zero-order chi connectivity index (χ0) is 15.8. The second-order valence-corrected chi connectivity index (χ2v) is 4.53. The lowest BCUT2D eigenvalue weighted by Crippen LogP contribution is -2.08. The number of hydrogen-bond donors (Lipinski definition) is 2. The van der Waals surface area contributed by atoms with Crippen LogP contribution < -0.4 is 5.32 Å². The molecular weight excluding hydrogens is 278 g/mol. The van der Waals surface area contributed by atoms with E-state index in [1.165, 1.54) is 0 Å². The molecule has 0 atom stereocenters. The fourth-order valence-corrected chi connectivity index (χ4v) is 1.77. The summed E-state index contributed by atoms with van der Waals surface area (Å²) in [6, 6.07) is 17.2. The Hall–Kier alpha value is -3.14. The maximum absolute atomic E-state index is 11.4. The number of amides is 1. The predicted octanol–water partition coefficient (Wildman–Crippen LogP) is 3.44. The van der Waals surface area contributed by atoms with Gasteiger partial charge < -0.3 is 10.4 Å². The average Bonchev–Trinajstić information content (AvgIpc) is 2.53. The van der Waals surface area contributed by atoms with Gasteiger partial charge in [0.2, 0.25) is 5.91 Å². The number of rotatable bonds is 5. The number of carbonyl (C=O) groups excluding carboxylic acids is 1. The molecule has 2 aromatic carbocycles. The Morgan fingerprint density at radius 1 is 0.818 bits per heavy atom. The number of carboxylic acids is 1. The zero-order valence-corrected chi connectivity index (χ0v) is 11.8. The molecule has 0 unspecified atom stereocenters. The molecule has 0 heterocycles. The standard InChI is InChI=1S/C18H15NO3/c20-17(12-13-18(21)22)19-16-10-8-15(9-11-16)7-6-14-4-2-1-3-5-14/h1-13H,(H,19,20)(H,21,22). The van der Waals surface area contributed by atoms with E-state index in [9.17, 15) is 9.59 Å². The van der Waals surface area contributed by atoms with Gasteiger partial charge in [-0.3, -0.25) is 4.79 Å². The summed E-state index contributed by atoms with van der Waals surface area (Å²) >= 11 is 0. The SMILES string of the molecule is O=C(O)C=CC(=O)Nc1ccc(C=Cc2ccccc2)cc1. The van der Waals surface area contributed by atoms with E-state index >= 15 is 0 Å². The summed E-state index contributed by atoms with van der Waals surface area (Å²) in [5, 5.41) is 11.0. The van der Waals surface area contributed by atoms with Crippen LogP contribution in [0.15, 0.2) is 66.7 Å². The van der Waals surface area contributed by atoms with Crippen molar-refractivity contribution in [1.82, 2.24) is 0 Å². The summed E-state index contributed by atoms with van der Waals surface area (Å²) in [7, 11) is 0. The molecule has 0 aliphatic heterocycles. The van der Waals surface area contributed by atoms with Gasteiger partial charge in [-0.05, 0) is 23.3 Å². The highest BCUT2D eigenvalue weighted by molar-refractivity contribution is 6.02. The number of aliphatic carboxylic acids is 1. The first kappa shape index (κ1) is 15.3. The third-order valence-corrected chi connectivity index (χ3v) is 2.82. The third kappa shape index (κ3) is 5.09. The lowest BCUT2D eigenvalue weighted by atomic mass is 10.1. The van der Waals surface area contributed by atoms with Gasteiger partial charge in [0.05, 0.1) is 0 Å². The molecule has 2 rings (SSSR count). The molecule has 0 saturated heterocycles.